The maximum absolute atomic E-state index is 12.4. The number of nitriles is 1. The predicted octanol–water partition coefficient (Wildman–Crippen LogP) is 0.365. The zero-order chi connectivity index (χ0) is 16.3. The molecule has 3 rings (SSSR count). The van der Waals surface area contributed by atoms with E-state index in [2.05, 4.69) is 10.3 Å². The molecule has 7 nitrogen and oxygen atoms in total. The van der Waals surface area contributed by atoms with Gasteiger partial charge in [-0.15, -0.1) is 0 Å². The van der Waals surface area contributed by atoms with Gasteiger partial charge < -0.3 is 20.1 Å². The average molecular weight is 316 g/mol. The second-order valence-electron chi connectivity index (χ2n) is 6.16. The van der Waals surface area contributed by atoms with Crippen molar-refractivity contribution in [2.24, 2.45) is 5.41 Å². The fourth-order valence-electron chi connectivity index (χ4n) is 3.25. The van der Waals surface area contributed by atoms with Crippen molar-refractivity contribution in [2.45, 2.75) is 18.9 Å². The SMILES string of the molecule is N#Cc1ccc(NCC(=O)N2CC(O)C3(CCOCC3)C2)nc1. The van der Waals surface area contributed by atoms with Gasteiger partial charge in [0.15, 0.2) is 0 Å². The standard InChI is InChI=1S/C16H20N4O3/c17-7-12-1-2-14(18-8-12)19-9-15(22)20-10-13(21)16(11-20)3-5-23-6-4-16/h1-2,8,13,21H,3-6,9-11H2,(H,18,19). The molecule has 1 spiro atoms. The van der Waals surface area contributed by atoms with Crippen LogP contribution in [0.3, 0.4) is 0 Å². The number of aliphatic hydroxyl groups is 1. The monoisotopic (exact) mass is 316 g/mol. The normalized spacial score (nSPS) is 22.8. The molecule has 1 amide bonds. The number of pyridine rings is 1. The number of β-amino-alcohol motifs (C(OH)–C–C–N with tert-alkyl or cyclic N) is 1. The van der Waals surface area contributed by atoms with Crippen LogP contribution < -0.4 is 5.32 Å². The predicted molar refractivity (Wildman–Crippen MR) is 82.5 cm³/mol. The second kappa shape index (κ2) is 6.52. The van der Waals surface area contributed by atoms with Crippen LogP contribution in [0.2, 0.25) is 0 Å². The van der Waals surface area contributed by atoms with Crippen LogP contribution in [0, 0.1) is 16.7 Å². The highest BCUT2D eigenvalue weighted by molar-refractivity contribution is 5.81. The van der Waals surface area contributed by atoms with Gasteiger partial charge in [-0.2, -0.15) is 5.26 Å². The van der Waals surface area contributed by atoms with Crippen LogP contribution in [0.15, 0.2) is 18.3 Å². The molecule has 2 N–H and O–H groups in total. The van der Waals surface area contributed by atoms with Gasteiger partial charge in [0.2, 0.25) is 5.91 Å². The maximum atomic E-state index is 12.4. The molecule has 3 heterocycles. The molecule has 122 valence electrons. The van der Waals surface area contributed by atoms with E-state index in [4.69, 9.17) is 10.00 Å². The minimum Gasteiger partial charge on any atom is -0.391 e. The molecule has 23 heavy (non-hydrogen) atoms. The molecule has 2 aliphatic heterocycles. The number of aromatic nitrogens is 1. The number of likely N-dealkylation sites (tertiary alicyclic amines) is 1. The lowest BCUT2D eigenvalue weighted by Gasteiger charge is -2.35. The molecule has 0 bridgehead atoms. The van der Waals surface area contributed by atoms with Crippen LogP contribution in [0.25, 0.3) is 0 Å². The first-order valence-corrected chi connectivity index (χ1v) is 7.77. The molecule has 0 radical (unpaired) electrons. The second-order valence-corrected chi connectivity index (χ2v) is 6.16. The van der Waals surface area contributed by atoms with Crippen LogP contribution in [-0.4, -0.2) is 59.8 Å². The number of anilines is 1. The first-order valence-electron chi connectivity index (χ1n) is 7.77. The Balaban J connectivity index is 1.55. The van der Waals surface area contributed by atoms with Crippen molar-refractivity contribution in [1.82, 2.24) is 9.88 Å². The molecule has 0 aliphatic carbocycles. The van der Waals surface area contributed by atoms with Gasteiger partial charge in [-0.05, 0) is 25.0 Å². The summed E-state index contributed by atoms with van der Waals surface area (Å²) in [6, 6.07) is 5.32. The Bertz CT molecular complexity index is 605. The van der Waals surface area contributed by atoms with Gasteiger partial charge >= 0.3 is 0 Å². The van der Waals surface area contributed by atoms with E-state index in [1.54, 1.807) is 17.0 Å². The molecular weight excluding hydrogens is 296 g/mol. The van der Waals surface area contributed by atoms with Crippen molar-refractivity contribution in [2.75, 3.05) is 38.2 Å². The molecule has 0 saturated carbocycles. The summed E-state index contributed by atoms with van der Waals surface area (Å²) in [7, 11) is 0. The third kappa shape index (κ3) is 3.28. The van der Waals surface area contributed by atoms with Crippen molar-refractivity contribution < 1.29 is 14.6 Å². The van der Waals surface area contributed by atoms with Crippen LogP contribution >= 0.6 is 0 Å². The summed E-state index contributed by atoms with van der Waals surface area (Å²) in [5.41, 5.74) is 0.270. The summed E-state index contributed by atoms with van der Waals surface area (Å²) in [6.07, 6.45) is 2.57. The van der Waals surface area contributed by atoms with Crippen molar-refractivity contribution in [3.63, 3.8) is 0 Å². The van der Waals surface area contributed by atoms with Crippen molar-refractivity contribution in [3.05, 3.63) is 23.9 Å². The summed E-state index contributed by atoms with van der Waals surface area (Å²) in [4.78, 5) is 18.1. The number of carbonyl (C=O) groups is 1. The minimum absolute atomic E-state index is 0.0569. The molecular formula is C16H20N4O3. The topological polar surface area (TPSA) is 98.5 Å². The smallest absolute Gasteiger partial charge is 0.242 e. The summed E-state index contributed by atoms with van der Waals surface area (Å²) in [5.74, 6) is 0.497. The molecule has 1 atom stereocenters. The van der Waals surface area contributed by atoms with E-state index >= 15 is 0 Å². The fraction of sp³-hybridized carbons (Fsp3) is 0.562. The zero-order valence-electron chi connectivity index (χ0n) is 12.9. The first-order chi connectivity index (χ1) is 11.1. The lowest BCUT2D eigenvalue weighted by molar-refractivity contribution is -0.129. The van der Waals surface area contributed by atoms with Crippen LogP contribution in [0.4, 0.5) is 5.82 Å². The van der Waals surface area contributed by atoms with Crippen LogP contribution in [-0.2, 0) is 9.53 Å². The van der Waals surface area contributed by atoms with Gasteiger partial charge in [0.1, 0.15) is 11.9 Å². The van der Waals surface area contributed by atoms with Gasteiger partial charge in [0.05, 0.1) is 18.2 Å². The van der Waals surface area contributed by atoms with Gasteiger partial charge in [-0.25, -0.2) is 4.98 Å². The number of nitrogens with one attached hydrogen (secondary N) is 1. The Kier molecular flexibility index (Phi) is 4.46. The highest BCUT2D eigenvalue weighted by Gasteiger charge is 2.47. The molecule has 2 saturated heterocycles. The van der Waals surface area contributed by atoms with E-state index in [0.717, 1.165) is 12.8 Å². The van der Waals surface area contributed by atoms with Crippen LogP contribution in [0.5, 0.6) is 0 Å². The number of hydrogen-bond acceptors (Lipinski definition) is 6. The number of carbonyl (C=O) groups excluding carboxylic acids is 1. The van der Waals surface area contributed by atoms with E-state index in [0.29, 0.717) is 37.7 Å². The largest absolute Gasteiger partial charge is 0.391 e. The number of hydrogen-bond donors (Lipinski definition) is 2. The van der Waals surface area contributed by atoms with E-state index < -0.39 is 6.10 Å². The van der Waals surface area contributed by atoms with Crippen molar-refractivity contribution >= 4 is 11.7 Å². The Labute approximate surface area is 134 Å². The van der Waals surface area contributed by atoms with E-state index in [1.165, 1.54) is 6.20 Å². The molecule has 2 fully saturated rings. The number of ether oxygens (including phenoxy) is 1. The highest BCUT2D eigenvalue weighted by Crippen LogP contribution is 2.39. The lowest BCUT2D eigenvalue weighted by atomic mass is 9.77. The molecule has 1 aromatic heterocycles. The Morgan fingerprint density at radius 1 is 1.52 bits per heavy atom. The molecule has 1 unspecified atom stereocenters. The van der Waals surface area contributed by atoms with E-state index in [1.807, 2.05) is 6.07 Å². The summed E-state index contributed by atoms with van der Waals surface area (Å²) in [5, 5.41) is 22.0. The third-order valence-electron chi connectivity index (χ3n) is 4.76. The van der Waals surface area contributed by atoms with Gasteiger partial charge in [-0.1, -0.05) is 0 Å². The Morgan fingerprint density at radius 2 is 2.30 bits per heavy atom. The zero-order valence-corrected chi connectivity index (χ0v) is 12.9. The highest BCUT2D eigenvalue weighted by atomic mass is 16.5. The van der Waals surface area contributed by atoms with Crippen molar-refractivity contribution in [1.29, 1.82) is 5.26 Å². The fourth-order valence-corrected chi connectivity index (χ4v) is 3.25. The van der Waals surface area contributed by atoms with E-state index in [-0.39, 0.29) is 17.9 Å². The Morgan fingerprint density at radius 3 is 2.96 bits per heavy atom. The molecule has 7 heteroatoms. The number of aliphatic hydroxyl groups excluding tert-OH is 1. The molecule has 0 aromatic carbocycles. The lowest BCUT2D eigenvalue weighted by Crippen LogP contribution is -2.40. The number of nitrogens with zero attached hydrogens (tertiary/aromatic N) is 3. The van der Waals surface area contributed by atoms with Gasteiger partial charge in [0, 0.05) is 37.9 Å². The molecule has 2 aliphatic rings. The van der Waals surface area contributed by atoms with E-state index in [9.17, 15) is 9.90 Å². The minimum atomic E-state index is -0.483. The summed E-state index contributed by atoms with van der Waals surface area (Å²) < 4.78 is 5.37. The number of amides is 1. The van der Waals surface area contributed by atoms with Crippen LogP contribution in [0.1, 0.15) is 18.4 Å². The summed E-state index contributed by atoms with van der Waals surface area (Å²) >= 11 is 0. The third-order valence-corrected chi connectivity index (χ3v) is 4.76. The quantitative estimate of drug-likeness (QED) is 0.836. The van der Waals surface area contributed by atoms with Gasteiger partial charge in [-0.3, -0.25) is 4.79 Å². The Hall–Kier alpha value is -2.17. The van der Waals surface area contributed by atoms with Crippen molar-refractivity contribution in [3.8, 4) is 6.07 Å². The average Bonchev–Trinajstić information content (AvgIpc) is 2.90. The van der Waals surface area contributed by atoms with Gasteiger partial charge in [0.25, 0.3) is 0 Å². The number of rotatable bonds is 3. The maximum Gasteiger partial charge on any atom is 0.242 e. The molecule has 1 aromatic rings. The summed E-state index contributed by atoms with van der Waals surface area (Å²) in [6.45, 7) is 2.37. The first kappa shape index (κ1) is 15.7.